The topological polar surface area (TPSA) is 59.5 Å². The molecule has 1 fully saturated rings. The standard InChI is InChI=1S/C16H20N2O3/c1-3-4-9-18(2)15(19)16(7-8-16)14-11-13(21-17-14)12-6-5-10-20-12/h5-6,10-11H,3-4,7-9H2,1-2H3. The van der Waals surface area contributed by atoms with Crippen LogP contribution >= 0.6 is 0 Å². The molecular weight excluding hydrogens is 268 g/mol. The van der Waals surface area contributed by atoms with Crippen molar-refractivity contribution in [3.8, 4) is 11.5 Å². The number of rotatable bonds is 6. The summed E-state index contributed by atoms with van der Waals surface area (Å²) in [5.41, 5.74) is 0.249. The molecule has 0 bridgehead atoms. The molecule has 2 aromatic heterocycles. The van der Waals surface area contributed by atoms with Crippen LogP contribution in [0, 0.1) is 0 Å². The molecule has 1 saturated carbocycles. The number of unbranched alkanes of at least 4 members (excludes halogenated alkanes) is 1. The Hall–Kier alpha value is -2.04. The van der Waals surface area contributed by atoms with Crippen molar-refractivity contribution in [2.24, 2.45) is 0 Å². The van der Waals surface area contributed by atoms with Crippen molar-refractivity contribution in [2.75, 3.05) is 13.6 Å². The zero-order valence-corrected chi connectivity index (χ0v) is 12.5. The second-order valence-electron chi connectivity index (χ2n) is 5.72. The van der Waals surface area contributed by atoms with E-state index in [0.29, 0.717) is 11.5 Å². The molecule has 0 atom stereocenters. The second-order valence-corrected chi connectivity index (χ2v) is 5.72. The number of hydrogen-bond acceptors (Lipinski definition) is 4. The highest BCUT2D eigenvalue weighted by molar-refractivity contribution is 5.90. The van der Waals surface area contributed by atoms with Crippen LogP contribution in [-0.4, -0.2) is 29.6 Å². The zero-order chi connectivity index (χ0) is 14.9. The maximum Gasteiger partial charge on any atom is 0.234 e. The van der Waals surface area contributed by atoms with Gasteiger partial charge in [-0.1, -0.05) is 18.5 Å². The molecule has 3 rings (SSSR count). The van der Waals surface area contributed by atoms with Gasteiger partial charge in [-0.25, -0.2) is 0 Å². The molecule has 1 aliphatic rings. The van der Waals surface area contributed by atoms with Gasteiger partial charge in [-0.3, -0.25) is 4.79 Å². The molecule has 21 heavy (non-hydrogen) atoms. The minimum Gasteiger partial charge on any atom is -0.461 e. The smallest absolute Gasteiger partial charge is 0.234 e. The van der Waals surface area contributed by atoms with Gasteiger partial charge in [0.15, 0.2) is 5.76 Å². The van der Waals surface area contributed by atoms with E-state index in [1.807, 2.05) is 24.1 Å². The van der Waals surface area contributed by atoms with Crippen LogP contribution in [0.5, 0.6) is 0 Å². The fraction of sp³-hybridized carbons (Fsp3) is 0.500. The van der Waals surface area contributed by atoms with Gasteiger partial charge < -0.3 is 13.8 Å². The summed E-state index contributed by atoms with van der Waals surface area (Å²) in [5.74, 6) is 1.36. The van der Waals surface area contributed by atoms with Crippen LogP contribution in [0.1, 0.15) is 38.3 Å². The largest absolute Gasteiger partial charge is 0.461 e. The molecular formula is C16H20N2O3. The minimum absolute atomic E-state index is 0.148. The zero-order valence-electron chi connectivity index (χ0n) is 12.5. The predicted octanol–water partition coefficient (Wildman–Crippen LogP) is 3.22. The highest BCUT2D eigenvalue weighted by atomic mass is 16.5. The van der Waals surface area contributed by atoms with Crippen molar-refractivity contribution >= 4 is 5.91 Å². The van der Waals surface area contributed by atoms with E-state index < -0.39 is 5.41 Å². The first-order chi connectivity index (χ1) is 10.2. The van der Waals surface area contributed by atoms with E-state index in [9.17, 15) is 4.79 Å². The number of carbonyl (C=O) groups is 1. The Morgan fingerprint density at radius 1 is 1.43 bits per heavy atom. The van der Waals surface area contributed by atoms with Crippen molar-refractivity contribution < 1.29 is 13.7 Å². The minimum atomic E-state index is -0.475. The number of carbonyl (C=O) groups excluding carboxylic acids is 1. The lowest BCUT2D eigenvalue weighted by Crippen LogP contribution is -2.37. The van der Waals surface area contributed by atoms with Gasteiger partial charge in [-0.15, -0.1) is 0 Å². The summed E-state index contributed by atoms with van der Waals surface area (Å²) in [5, 5.41) is 4.11. The SMILES string of the molecule is CCCCN(C)C(=O)C1(c2cc(-c3ccco3)on2)CC1. The van der Waals surface area contributed by atoms with E-state index in [-0.39, 0.29) is 5.91 Å². The number of furan rings is 1. The number of aromatic nitrogens is 1. The van der Waals surface area contributed by atoms with Crippen LogP contribution < -0.4 is 0 Å². The predicted molar refractivity (Wildman–Crippen MR) is 77.7 cm³/mol. The van der Waals surface area contributed by atoms with Gasteiger partial charge in [0.2, 0.25) is 11.7 Å². The Bertz CT molecular complexity index is 611. The Labute approximate surface area is 123 Å². The lowest BCUT2D eigenvalue weighted by atomic mass is 10.00. The summed E-state index contributed by atoms with van der Waals surface area (Å²) in [7, 11) is 1.87. The second kappa shape index (κ2) is 5.39. The molecule has 1 aliphatic carbocycles. The average molecular weight is 288 g/mol. The van der Waals surface area contributed by atoms with Crippen LogP contribution in [0.4, 0.5) is 0 Å². The van der Waals surface area contributed by atoms with E-state index in [2.05, 4.69) is 12.1 Å². The number of amides is 1. The van der Waals surface area contributed by atoms with Gasteiger partial charge in [-0.05, 0) is 31.4 Å². The first-order valence-electron chi connectivity index (χ1n) is 7.44. The summed E-state index contributed by atoms with van der Waals surface area (Å²) in [4.78, 5) is 14.5. The molecule has 112 valence electrons. The van der Waals surface area contributed by atoms with Crippen LogP contribution in [-0.2, 0) is 10.2 Å². The molecule has 0 saturated heterocycles. The van der Waals surface area contributed by atoms with Crippen LogP contribution in [0.3, 0.4) is 0 Å². The van der Waals surface area contributed by atoms with E-state index in [1.165, 1.54) is 0 Å². The Kier molecular flexibility index (Phi) is 3.57. The van der Waals surface area contributed by atoms with Crippen molar-refractivity contribution in [3.63, 3.8) is 0 Å². The molecule has 2 heterocycles. The fourth-order valence-corrected chi connectivity index (χ4v) is 2.60. The lowest BCUT2D eigenvalue weighted by Gasteiger charge is -2.21. The van der Waals surface area contributed by atoms with Gasteiger partial charge in [0, 0.05) is 19.7 Å². The average Bonchev–Trinajstić information content (AvgIpc) is 2.95. The monoisotopic (exact) mass is 288 g/mol. The molecule has 5 nitrogen and oxygen atoms in total. The van der Waals surface area contributed by atoms with Crippen molar-refractivity contribution in [2.45, 2.75) is 38.0 Å². The van der Waals surface area contributed by atoms with Gasteiger partial charge in [0.1, 0.15) is 0 Å². The maximum atomic E-state index is 12.7. The van der Waals surface area contributed by atoms with Crippen LogP contribution in [0.2, 0.25) is 0 Å². The highest BCUT2D eigenvalue weighted by Crippen LogP contribution is 2.49. The van der Waals surface area contributed by atoms with Gasteiger partial charge in [0.25, 0.3) is 0 Å². The third kappa shape index (κ3) is 2.48. The van der Waals surface area contributed by atoms with Gasteiger partial charge >= 0.3 is 0 Å². The quantitative estimate of drug-likeness (QED) is 0.819. The molecule has 0 N–H and O–H groups in total. The van der Waals surface area contributed by atoms with E-state index >= 15 is 0 Å². The Morgan fingerprint density at radius 3 is 2.86 bits per heavy atom. The molecule has 0 unspecified atom stereocenters. The van der Waals surface area contributed by atoms with Crippen molar-refractivity contribution in [1.29, 1.82) is 0 Å². The molecule has 0 radical (unpaired) electrons. The Morgan fingerprint density at radius 2 is 2.24 bits per heavy atom. The molecule has 0 aromatic carbocycles. The third-order valence-electron chi connectivity index (χ3n) is 4.12. The van der Waals surface area contributed by atoms with Crippen LogP contribution in [0.25, 0.3) is 11.5 Å². The van der Waals surface area contributed by atoms with E-state index in [4.69, 9.17) is 8.94 Å². The van der Waals surface area contributed by atoms with Crippen LogP contribution in [0.15, 0.2) is 33.4 Å². The number of hydrogen-bond donors (Lipinski definition) is 0. The highest BCUT2D eigenvalue weighted by Gasteiger charge is 2.54. The van der Waals surface area contributed by atoms with Crippen molar-refractivity contribution in [1.82, 2.24) is 10.1 Å². The molecule has 0 spiro atoms. The normalized spacial score (nSPS) is 15.9. The third-order valence-corrected chi connectivity index (χ3v) is 4.12. The molecule has 5 heteroatoms. The van der Waals surface area contributed by atoms with E-state index in [0.717, 1.165) is 37.9 Å². The van der Waals surface area contributed by atoms with Crippen molar-refractivity contribution in [3.05, 3.63) is 30.2 Å². The molecule has 1 amide bonds. The first kappa shape index (κ1) is 13.9. The number of likely N-dealkylation sites (N-methyl/N-ethyl adjacent to an activating group) is 1. The molecule has 0 aliphatic heterocycles. The summed E-state index contributed by atoms with van der Waals surface area (Å²) in [6.07, 6.45) is 5.37. The summed E-state index contributed by atoms with van der Waals surface area (Å²) < 4.78 is 10.6. The molecule has 2 aromatic rings. The summed E-state index contributed by atoms with van der Waals surface area (Å²) in [6.45, 7) is 2.92. The van der Waals surface area contributed by atoms with Gasteiger partial charge in [-0.2, -0.15) is 0 Å². The summed E-state index contributed by atoms with van der Waals surface area (Å²) >= 11 is 0. The van der Waals surface area contributed by atoms with Gasteiger partial charge in [0.05, 0.1) is 17.4 Å². The lowest BCUT2D eigenvalue weighted by molar-refractivity contribution is -0.132. The number of nitrogens with zero attached hydrogens (tertiary/aromatic N) is 2. The first-order valence-corrected chi connectivity index (χ1v) is 7.44. The Balaban J connectivity index is 1.78. The fourth-order valence-electron chi connectivity index (χ4n) is 2.60. The maximum absolute atomic E-state index is 12.7. The summed E-state index contributed by atoms with van der Waals surface area (Å²) in [6, 6.07) is 5.45. The van der Waals surface area contributed by atoms with E-state index in [1.54, 1.807) is 12.3 Å².